The van der Waals surface area contributed by atoms with Crippen LogP contribution in [0, 0.1) is 0 Å². The van der Waals surface area contributed by atoms with Crippen LogP contribution in [0.3, 0.4) is 0 Å². The summed E-state index contributed by atoms with van der Waals surface area (Å²) in [6.07, 6.45) is 2.88. The predicted octanol–water partition coefficient (Wildman–Crippen LogP) is 2.12. The van der Waals surface area contributed by atoms with Crippen molar-refractivity contribution in [2.24, 2.45) is 0 Å². The van der Waals surface area contributed by atoms with Gasteiger partial charge in [0.2, 0.25) is 5.91 Å². The van der Waals surface area contributed by atoms with Crippen LogP contribution in [-0.4, -0.2) is 23.2 Å². The number of rotatable bonds is 3. The molecule has 1 amide bonds. The summed E-state index contributed by atoms with van der Waals surface area (Å²) < 4.78 is 0.972. The fourth-order valence-electron chi connectivity index (χ4n) is 2.63. The van der Waals surface area contributed by atoms with Gasteiger partial charge in [0.25, 0.3) is 0 Å². The zero-order chi connectivity index (χ0) is 12.8. The number of aliphatic hydroxyl groups excluding tert-OH is 1. The number of nitrogens with one attached hydrogen (secondary N) is 1. The van der Waals surface area contributed by atoms with Crippen molar-refractivity contribution >= 4 is 21.8 Å². The molecule has 1 aromatic rings. The molecule has 1 aromatic carbocycles. The molecule has 0 atom stereocenters. The molecular weight excluding hydrogens is 294 g/mol. The van der Waals surface area contributed by atoms with Crippen molar-refractivity contribution in [2.45, 2.75) is 43.2 Å². The van der Waals surface area contributed by atoms with Crippen LogP contribution in [0.4, 0.5) is 0 Å². The number of benzene rings is 1. The highest BCUT2D eigenvalue weighted by Gasteiger charge is 2.51. The van der Waals surface area contributed by atoms with Crippen LogP contribution in [-0.2, 0) is 10.2 Å². The van der Waals surface area contributed by atoms with Gasteiger partial charge in [-0.3, -0.25) is 4.79 Å². The molecule has 0 unspecified atom stereocenters. The third-order valence-electron chi connectivity index (χ3n) is 3.89. The van der Waals surface area contributed by atoms with Gasteiger partial charge in [-0.15, -0.1) is 0 Å². The summed E-state index contributed by atoms with van der Waals surface area (Å²) in [5.74, 6) is 0.0772. The highest BCUT2D eigenvalue weighted by Crippen LogP contribution is 2.45. The SMILES string of the molecule is O=C(NC1CC1)[C@]1(c2cccc(Br)c2)C[C@H](O)C1. The Kier molecular flexibility index (Phi) is 2.94. The van der Waals surface area contributed by atoms with Crippen LogP contribution < -0.4 is 5.32 Å². The van der Waals surface area contributed by atoms with E-state index < -0.39 is 5.41 Å². The van der Waals surface area contributed by atoms with Crippen molar-refractivity contribution in [3.05, 3.63) is 34.3 Å². The Bertz CT molecular complexity index is 478. The van der Waals surface area contributed by atoms with Crippen molar-refractivity contribution in [2.75, 3.05) is 0 Å². The zero-order valence-corrected chi connectivity index (χ0v) is 11.6. The molecule has 3 rings (SSSR count). The summed E-state index contributed by atoms with van der Waals surface area (Å²) in [6, 6.07) is 8.21. The lowest BCUT2D eigenvalue weighted by Crippen LogP contribution is -2.55. The quantitative estimate of drug-likeness (QED) is 0.898. The molecule has 2 aliphatic carbocycles. The second kappa shape index (κ2) is 4.35. The minimum absolute atomic E-state index is 0.0772. The average Bonchev–Trinajstić information content (AvgIpc) is 3.08. The van der Waals surface area contributed by atoms with Crippen LogP contribution in [0.5, 0.6) is 0 Å². The molecule has 0 aliphatic heterocycles. The predicted molar refractivity (Wildman–Crippen MR) is 72.2 cm³/mol. The van der Waals surface area contributed by atoms with E-state index in [-0.39, 0.29) is 12.0 Å². The van der Waals surface area contributed by atoms with Gasteiger partial charge in [0.1, 0.15) is 0 Å². The standard InChI is InChI=1S/C14H16BrNO2/c15-10-3-1-2-9(6-10)14(7-12(17)8-14)13(18)16-11-4-5-11/h1-3,6,11-12,17H,4-5,7-8H2,(H,16,18)/t12-,14+. The highest BCUT2D eigenvalue weighted by atomic mass is 79.9. The number of hydrogen-bond acceptors (Lipinski definition) is 2. The zero-order valence-electron chi connectivity index (χ0n) is 10.0. The highest BCUT2D eigenvalue weighted by molar-refractivity contribution is 9.10. The maximum absolute atomic E-state index is 12.4. The third kappa shape index (κ3) is 2.08. The first-order valence-electron chi connectivity index (χ1n) is 6.35. The number of amides is 1. The molecule has 0 saturated heterocycles. The monoisotopic (exact) mass is 309 g/mol. The van der Waals surface area contributed by atoms with Crippen LogP contribution in [0.15, 0.2) is 28.7 Å². The molecular formula is C14H16BrNO2. The van der Waals surface area contributed by atoms with Crippen molar-refractivity contribution in [3.63, 3.8) is 0 Å². The van der Waals surface area contributed by atoms with Crippen molar-refractivity contribution < 1.29 is 9.90 Å². The van der Waals surface area contributed by atoms with Gasteiger partial charge in [-0.05, 0) is 43.4 Å². The molecule has 0 radical (unpaired) electrons. The van der Waals surface area contributed by atoms with E-state index in [4.69, 9.17) is 0 Å². The molecule has 0 bridgehead atoms. The number of carbonyl (C=O) groups excluding carboxylic acids is 1. The van der Waals surface area contributed by atoms with E-state index in [9.17, 15) is 9.90 Å². The number of halogens is 1. The van der Waals surface area contributed by atoms with Crippen LogP contribution in [0.1, 0.15) is 31.2 Å². The van der Waals surface area contributed by atoms with E-state index >= 15 is 0 Å². The van der Waals surface area contributed by atoms with Crippen LogP contribution in [0.2, 0.25) is 0 Å². The van der Waals surface area contributed by atoms with Crippen LogP contribution in [0.25, 0.3) is 0 Å². The topological polar surface area (TPSA) is 49.3 Å². The minimum Gasteiger partial charge on any atom is -0.393 e. The largest absolute Gasteiger partial charge is 0.393 e. The Hall–Kier alpha value is -0.870. The first-order valence-corrected chi connectivity index (χ1v) is 7.14. The van der Waals surface area contributed by atoms with Gasteiger partial charge in [0.15, 0.2) is 0 Å². The Balaban J connectivity index is 1.88. The van der Waals surface area contributed by atoms with Crippen molar-refractivity contribution in [1.82, 2.24) is 5.32 Å². The summed E-state index contributed by atoms with van der Waals surface area (Å²) in [6.45, 7) is 0. The molecule has 96 valence electrons. The van der Waals surface area contributed by atoms with E-state index in [0.717, 1.165) is 22.9 Å². The fourth-order valence-corrected chi connectivity index (χ4v) is 3.03. The summed E-state index contributed by atoms with van der Waals surface area (Å²) in [7, 11) is 0. The Morgan fingerprint density at radius 2 is 2.11 bits per heavy atom. The number of carbonyl (C=O) groups is 1. The second-order valence-corrected chi connectivity index (χ2v) is 6.32. The maximum Gasteiger partial charge on any atom is 0.231 e. The molecule has 2 N–H and O–H groups in total. The Morgan fingerprint density at radius 1 is 1.39 bits per heavy atom. The number of hydrogen-bond donors (Lipinski definition) is 2. The second-order valence-electron chi connectivity index (χ2n) is 5.40. The molecule has 3 nitrogen and oxygen atoms in total. The van der Waals surface area contributed by atoms with Crippen molar-refractivity contribution in [3.8, 4) is 0 Å². The first-order chi connectivity index (χ1) is 8.60. The van der Waals surface area contributed by atoms with Gasteiger partial charge in [-0.25, -0.2) is 0 Å². The average molecular weight is 310 g/mol. The smallest absolute Gasteiger partial charge is 0.231 e. The van der Waals surface area contributed by atoms with Crippen molar-refractivity contribution in [1.29, 1.82) is 0 Å². The fraction of sp³-hybridized carbons (Fsp3) is 0.500. The molecule has 0 aromatic heterocycles. The lowest BCUT2D eigenvalue weighted by molar-refractivity contribution is -0.135. The summed E-state index contributed by atoms with van der Waals surface area (Å²) in [5.41, 5.74) is 0.478. The van der Waals surface area contributed by atoms with Gasteiger partial charge < -0.3 is 10.4 Å². The van der Waals surface area contributed by atoms with Gasteiger partial charge in [0, 0.05) is 10.5 Å². The van der Waals surface area contributed by atoms with Gasteiger partial charge in [0.05, 0.1) is 11.5 Å². The Labute approximate surface area is 115 Å². The van der Waals surface area contributed by atoms with E-state index in [1.54, 1.807) is 0 Å². The molecule has 2 saturated carbocycles. The maximum atomic E-state index is 12.4. The minimum atomic E-state index is -0.522. The lowest BCUT2D eigenvalue weighted by atomic mass is 9.62. The molecule has 4 heteroatoms. The van der Waals surface area contributed by atoms with Crippen LogP contribution >= 0.6 is 15.9 Å². The van der Waals surface area contributed by atoms with E-state index in [1.165, 1.54) is 0 Å². The summed E-state index contributed by atoms with van der Waals surface area (Å²) >= 11 is 3.44. The summed E-state index contributed by atoms with van der Waals surface area (Å²) in [5, 5.41) is 12.7. The molecule has 0 heterocycles. The lowest BCUT2D eigenvalue weighted by Gasteiger charge is -2.44. The van der Waals surface area contributed by atoms with Gasteiger partial charge in [-0.1, -0.05) is 28.1 Å². The Morgan fingerprint density at radius 3 is 2.67 bits per heavy atom. The number of aliphatic hydroxyl groups is 1. The summed E-state index contributed by atoms with van der Waals surface area (Å²) in [4.78, 5) is 12.4. The molecule has 18 heavy (non-hydrogen) atoms. The van der Waals surface area contributed by atoms with E-state index in [1.807, 2.05) is 24.3 Å². The molecule has 2 aliphatic rings. The normalized spacial score (nSPS) is 30.7. The van der Waals surface area contributed by atoms with E-state index in [0.29, 0.717) is 18.9 Å². The van der Waals surface area contributed by atoms with Gasteiger partial charge in [-0.2, -0.15) is 0 Å². The third-order valence-corrected chi connectivity index (χ3v) is 4.39. The molecule has 0 spiro atoms. The molecule has 2 fully saturated rings. The first kappa shape index (κ1) is 12.2. The van der Waals surface area contributed by atoms with Gasteiger partial charge >= 0.3 is 0 Å². The van der Waals surface area contributed by atoms with E-state index in [2.05, 4.69) is 21.2 Å².